The summed E-state index contributed by atoms with van der Waals surface area (Å²) in [5.74, 6) is -0.484. The van der Waals surface area contributed by atoms with Crippen LogP contribution in [0.15, 0.2) is 30.5 Å². The summed E-state index contributed by atoms with van der Waals surface area (Å²) in [5.41, 5.74) is 12.5. The van der Waals surface area contributed by atoms with E-state index < -0.39 is 5.91 Å². The molecule has 0 unspecified atom stereocenters. The molecule has 0 fully saturated rings. The standard InChI is InChI=1S/C10H9N3O/c11-8-3-1-2-6-4-7(10(12)14)5-13-9(6)8/h1-5H,11H2,(H2,12,14). The Morgan fingerprint density at radius 2 is 2.14 bits per heavy atom. The Labute approximate surface area is 80.5 Å². The van der Waals surface area contributed by atoms with Gasteiger partial charge in [0.1, 0.15) is 0 Å². The number of nitrogens with zero attached hydrogens (tertiary/aromatic N) is 1. The summed E-state index contributed by atoms with van der Waals surface area (Å²) < 4.78 is 0. The van der Waals surface area contributed by atoms with E-state index in [4.69, 9.17) is 11.5 Å². The van der Waals surface area contributed by atoms with Gasteiger partial charge in [0.05, 0.1) is 16.8 Å². The summed E-state index contributed by atoms with van der Waals surface area (Å²) >= 11 is 0. The van der Waals surface area contributed by atoms with Crippen molar-refractivity contribution in [1.29, 1.82) is 0 Å². The molecule has 0 saturated carbocycles. The molecule has 0 bridgehead atoms. The summed E-state index contributed by atoms with van der Waals surface area (Å²) in [4.78, 5) is 15.0. The van der Waals surface area contributed by atoms with Crippen LogP contribution >= 0.6 is 0 Å². The van der Waals surface area contributed by atoms with Crippen LogP contribution in [0.2, 0.25) is 0 Å². The second-order valence-electron chi connectivity index (χ2n) is 3.01. The van der Waals surface area contributed by atoms with Crippen molar-refractivity contribution in [2.75, 3.05) is 5.73 Å². The molecule has 4 nitrogen and oxygen atoms in total. The van der Waals surface area contributed by atoms with Gasteiger partial charge in [-0.2, -0.15) is 0 Å². The second kappa shape index (κ2) is 2.99. The first kappa shape index (κ1) is 8.50. The van der Waals surface area contributed by atoms with E-state index in [2.05, 4.69) is 4.98 Å². The SMILES string of the molecule is NC(=O)c1cnc2c(N)cccc2c1. The minimum Gasteiger partial charge on any atom is -0.397 e. The van der Waals surface area contributed by atoms with Crippen LogP contribution in [0.5, 0.6) is 0 Å². The van der Waals surface area contributed by atoms with Gasteiger partial charge in [-0.3, -0.25) is 9.78 Å². The van der Waals surface area contributed by atoms with Gasteiger partial charge in [-0.05, 0) is 12.1 Å². The van der Waals surface area contributed by atoms with Crippen LogP contribution in [0.1, 0.15) is 10.4 Å². The number of carbonyl (C=O) groups is 1. The normalized spacial score (nSPS) is 10.3. The lowest BCUT2D eigenvalue weighted by Gasteiger charge is -2.01. The van der Waals surface area contributed by atoms with Crippen LogP contribution in [-0.2, 0) is 0 Å². The molecule has 0 radical (unpaired) electrons. The van der Waals surface area contributed by atoms with Gasteiger partial charge in [0.25, 0.3) is 0 Å². The third kappa shape index (κ3) is 1.26. The number of hydrogen-bond donors (Lipinski definition) is 2. The fourth-order valence-corrected chi connectivity index (χ4v) is 1.32. The van der Waals surface area contributed by atoms with Crippen LogP contribution in [0, 0.1) is 0 Å². The van der Waals surface area contributed by atoms with E-state index in [0.29, 0.717) is 16.8 Å². The van der Waals surface area contributed by atoms with Gasteiger partial charge in [0.15, 0.2) is 0 Å². The van der Waals surface area contributed by atoms with Gasteiger partial charge < -0.3 is 11.5 Å². The molecular weight excluding hydrogens is 178 g/mol. The van der Waals surface area contributed by atoms with Crippen molar-refractivity contribution in [2.45, 2.75) is 0 Å². The molecule has 2 rings (SSSR count). The maximum absolute atomic E-state index is 10.9. The molecular formula is C10H9N3O. The van der Waals surface area contributed by atoms with Crippen LogP contribution in [-0.4, -0.2) is 10.9 Å². The number of anilines is 1. The predicted molar refractivity (Wildman–Crippen MR) is 54.7 cm³/mol. The summed E-state index contributed by atoms with van der Waals surface area (Å²) in [6.45, 7) is 0. The third-order valence-electron chi connectivity index (χ3n) is 2.03. The zero-order valence-electron chi connectivity index (χ0n) is 7.40. The van der Waals surface area contributed by atoms with E-state index in [-0.39, 0.29) is 0 Å². The quantitative estimate of drug-likeness (QED) is 0.651. The van der Waals surface area contributed by atoms with Gasteiger partial charge in [0, 0.05) is 11.6 Å². The Bertz CT molecular complexity index is 508. The lowest BCUT2D eigenvalue weighted by molar-refractivity contribution is 0.1000. The highest BCUT2D eigenvalue weighted by molar-refractivity contribution is 5.98. The second-order valence-corrected chi connectivity index (χ2v) is 3.01. The van der Waals surface area contributed by atoms with Crippen LogP contribution < -0.4 is 11.5 Å². The Balaban J connectivity index is 2.73. The Kier molecular flexibility index (Phi) is 1.81. The molecule has 1 aromatic heterocycles. The summed E-state index contributed by atoms with van der Waals surface area (Å²) in [5, 5.41) is 0.821. The Morgan fingerprint density at radius 1 is 1.36 bits per heavy atom. The highest BCUT2D eigenvalue weighted by atomic mass is 16.1. The first-order valence-corrected chi connectivity index (χ1v) is 4.12. The molecule has 0 aliphatic heterocycles. The van der Waals surface area contributed by atoms with Crippen molar-refractivity contribution in [1.82, 2.24) is 4.98 Å². The van der Waals surface area contributed by atoms with Crippen molar-refractivity contribution in [3.63, 3.8) is 0 Å². The number of pyridine rings is 1. The third-order valence-corrected chi connectivity index (χ3v) is 2.03. The number of fused-ring (bicyclic) bond motifs is 1. The number of rotatable bonds is 1. The van der Waals surface area contributed by atoms with Crippen molar-refractivity contribution >= 4 is 22.5 Å². The van der Waals surface area contributed by atoms with Crippen LogP contribution in [0.3, 0.4) is 0 Å². The summed E-state index contributed by atoms with van der Waals surface area (Å²) in [6, 6.07) is 7.09. The van der Waals surface area contributed by atoms with E-state index in [1.807, 2.05) is 12.1 Å². The fourth-order valence-electron chi connectivity index (χ4n) is 1.32. The summed E-state index contributed by atoms with van der Waals surface area (Å²) in [7, 11) is 0. The lowest BCUT2D eigenvalue weighted by Crippen LogP contribution is -2.11. The van der Waals surface area contributed by atoms with Crippen molar-refractivity contribution in [2.24, 2.45) is 5.73 Å². The molecule has 2 aromatic rings. The topological polar surface area (TPSA) is 82.0 Å². The van der Waals surface area contributed by atoms with Gasteiger partial charge in [-0.1, -0.05) is 12.1 Å². The number of aromatic nitrogens is 1. The van der Waals surface area contributed by atoms with Gasteiger partial charge in [0.2, 0.25) is 5.91 Å². The summed E-state index contributed by atoms with van der Waals surface area (Å²) in [6.07, 6.45) is 1.43. The van der Waals surface area contributed by atoms with Crippen LogP contribution in [0.25, 0.3) is 10.9 Å². The van der Waals surface area contributed by atoms with Crippen molar-refractivity contribution in [3.8, 4) is 0 Å². The fraction of sp³-hybridized carbons (Fsp3) is 0. The largest absolute Gasteiger partial charge is 0.397 e. The Hall–Kier alpha value is -2.10. The number of nitrogens with two attached hydrogens (primary N) is 2. The molecule has 0 saturated heterocycles. The lowest BCUT2D eigenvalue weighted by atomic mass is 10.1. The molecule has 4 heteroatoms. The first-order valence-electron chi connectivity index (χ1n) is 4.12. The number of nitrogen functional groups attached to an aromatic ring is 1. The van der Waals surface area contributed by atoms with E-state index in [0.717, 1.165) is 5.39 Å². The van der Waals surface area contributed by atoms with Crippen molar-refractivity contribution < 1.29 is 4.79 Å². The monoisotopic (exact) mass is 187 g/mol. The number of carbonyl (C=O) groups excluding carboxylic acids is 1. The van der Waals surface area contributed by atoms with E-state index in [9.17, 15) is 4.79 Å². The van der Waals surface area contributed by atoms with Gasteiger partial charge in [-0.15, -0.1) is 0 Å². The van der Waals surface area contributed by atoms with Gasteiger partial charge in [-0.25, -0.2) is 0 Å². The van der Waals surface area contributed by atoms with E-state index in [1.165, 1.54) is 6.20 Å². The minimum atomic E-state index is -0.484. The molecule has 0 spiro atoms. The zero-order chi connectivity index (χ0) is 10.1. The molecule has 0 atom stereocenters. The maximum Gasteiger partial charge on any atom is 0.250 e. The maximum atomic E-state index is 10.9. The first-order chi connectivity index (χ1) is 6.68. The number of amides is 1. The molecule has 1 amide bonds. The van der Waals surface area contributed by atoms with Gasteiger partial charge >= 0.3 is 0 Å². The molecule has 1 heterocycles. The predicted octanol–water partition coefficient (Wildman–Crippen LogP) is 0.916. The van der Waals surface area contributed by atoms with E-state index >= 15 is 0 Å². The smallest absolute Gasteiger partial charge is 0.250 e. The molecule has 4 N–H and O–H groups in total. The highest BCUT2D eigenvalue weighted by Gasteiger charge is 2.03. The highest BCUT2D eigenvalue weighted by Crippen LogP contribution is 2.18. The molecule has 0 aliphatic rings. The number of hydrogen-bond acceptors (Lipinski definition) is 3. The Morgan fingerprint density at radius 3 is 2.86 bits per heavy atom. The minimum absolute atomic E-state index is 0.392. The zero-order valence-corrected chi connectivity index (χ0v) is 7.40. The number of benzene rings is 1. The number of primary amides is 1. The molecule has 14 heavy (non-hydrogen) atoms. The number of para-hydroxylation sites is 1. The average Bonchev–Trinajstić information content (AvgIpc) is 2.17. The molecule has 70 valence electrons. The molecule has 1 aromatic carbocycles. The average molecular weight is 187 g/mol. The van der Waals surface area contributed by atoms with Crippen molar-refractivity contribution in [3.05, 3.63) is 36.0 Å². The molecule has 0 aliphatic carbocycles. The van der Waals surface area contributed by atoms with E-state index in [1.54, 1.807) is 12.1 Å². The van der Waals surface area contributed by atoms with Crippen LogP contribution in [0.4, 0.5) is 5.69 Å².